The van der Waals surface area contributed by atoms with Gasteiger partial charge in [-0.25, -0.2) is 8.42 Å². The van der Waals surface area contributed by atoms with Crippen LogP contribution in [0.15, 0.2) is 15.4 Å². The average Bonchev–Trinajstić information content (AvgIpc) is 2.67. The third-order valence-electron chi connectivity index (χ3n) is 2.98. The van der Waals surface area contributed by atoms with Crippen LogP contribution in [0.1, 0.15) is 39.2 Å². The van der Waals surface area contributed by atoms with E-state index in [1.54, 1.807) is 24.3 Å². The lowest BCUT2D eigenvalue weighted by atomic mass is 10.2. The average molecular weight is 302 g/mol. The second-order valence-corrected chi connectivity index (χ2v) is 7.58. The molecule has 0 radical (unpaired) electrons. The first-order valence-corrected chi connectivity index (χ1v) is 8.39. The minimum Gasteiger partial charge on any atom is -0.464 e. The largest absolute Gasteiger partial charge is 0.464 e. The van der Waals surface area contributed by atoms with Crippen LogP contribution in [-0.2, 0) is 16.6 Å². The minimum absolute atomic E-state index is 0.0792. The first kappa shape index (κ1) is 17.2. The van der Waals surface area contributed by atoms with Crippen LogP contribution in [0.25, 0.3) is 0 Å². The molecule has 0 spiro atoms. The summed E-state index contributed by atoms with van der Waals surface area (Å²) in [4.78, 5) is 0.275. The SMILES string of the molecule is CNCc1cc(S(=O)(=O)N(CC(C)C)C(C)C)c(C)o1. The number of furan rings is 1. The number of hydrogen-bond acceptors (Lipinski definition) is 4. The van der Waals surface area contributed by atoms with Crippen LogP contribution in [-0.4, -0.2) is 32.4 Å². The fourth-order valence-corrected chi connectivity index (χ4v) is 4.10. The molecule has 0 atom stereocenters. The van der Waals surface area contributed by atoms with Crippen molar-refractivity contribution >= 4 is 10.0 Å². The van der Waals surface area contributed by atoms with E-state index in [-0.39, 0.29) is 16.9 Å². The highest BCUT2D eigenvalue weighted by atomic mass is 32.2. The molecule has 0 aliphatic rings. The van der Waals surface area contributed by atoms with Gasteiger partial charge >= 0.3 is 0 Å². The molecule has 20 heavy (non-hydrogen) atoms. The third kappa shape index (κ3) is 3.84. The van der Waals surface area contributed by atoms with Crippen molar-refractivity contribution in [1.82, 2.24) is 9.62 Å². The van der Waals surface area contributed by atoms with Crippen LogP contribution in [0.2, 0.25) is 0 Å². The summed E-state index contributed by atoms with van der Waals surface area (Å²) < 4.78 is 32.6. The van der Waals surface area contributed by atoms with Crippen LogP contribution in [0.5, 0.6) is 0 Å². The van der Waals surface area contributed by atoms with Crippen LogP contribution < -0.4 is 5.32 Å². The van der Waals surface area contributed by atoms with Crippen molar-refractivity contribution in [2.45, 2.75) is 52.1 Å². The molecule has 6 heteroatoms. The van der Waals surface area contributed by atoms with Gasteiger partial charge in [-0.3, -0.25) is 0 Å². The molecule has 0 aromatic carbocycles. The second-order valence-electron chi connectivity index (χ2n) is 5.73. The van der Waals surface area contributed by atoms with Gasteiger partial charge in [-0.05, 0) is 33.7 Å². The molecule has 0 bridgehead atoms. The predicted octanol–water partition coefficient (Wildman–Crippen LogP) is 2.36. The fraction of sp³-hybridized carbons (Fsp3) is 0.714. The Hall–Kier alpha value is -0.850. The van der Waals surface area contributed by atoms with Gasteiger partial charge in [0.15, 0.2) is 0 Å². The lowest BCUT2D eigenvalue weighted by Gasteiger charge is -2.27. The second kappa shape index (κ2) is 6.74. The summed E-state index contributed by atoms with van der Waals surface area (Å²) >= 11 is 0. The van der Waals surface area contributed by atoms with E-state index in [9.17, 15) is 8.42 Å². The fourth-order valence-electron chi connectivity index (χ4n) is 2.11. The van der Waals surface area contributed by atoms with Crippen LogP contribution >= 0.6 is 0 Å². The molecular formula is C14H26N2O3S. The predicted molar refractivity (Wildman–Crippen MR) is 80.1 cm³/mol. The van der Waals surface area contributed by atoms with Crippen molar-refractivity contribution < 1.29 is 12.8 Å². The maximum Gasteiger partial charge on any atom is 0.246 e. The minimum atomic E-state index is -3.51. The Kier molecular flexibility index (Phi) is 5.79. The van der Waals surface area contributed by atoms with Crippen molar-refractivity contribution in [2.24, 2.45) is 5.92 Å². The van der Waals surface area contributed by atoms with Gasteiger partial charge in [0.1, 0.15) is 16.4 Å². The van der Waals surface area contributed by atoms with E-state index in [0.29, 0.717) is 24.6 Å². The van der Waals surface area contributed by atoms with E-state index in [0.717, 1.165) is 0 Å². The molecule has 0 amide bonds. The van der Waals surface area contributed by atoms with E-state index >= 15 is 0 Å². The first-order valence-electron chi connectivity index (χ1n) is 6.95. The summed E-state index contributed by atoms with van der Waals surface area (Å²) in [6.07, 6.45) is 0. The number of sulfonamides is 1. The lowest BCUT2D eigenvalue weighted by molar-refractivity contribution is 0.318. The zero-order valence-corrected chi connectivity index (χ0v) is 14.0. The van der Waals surface area contributed by atoms with Crippen molar-refractivity contribution in [2.75, 3.05) is 13.6 Å². The normalized spacial score (nSPS) is 12.8. The molecule has 1 aromatic rings. The third-order valence-corrected chi connectivity index (χ3v) is 5.13. The van der Waals surface area contributed by atoms with E-state index < -0.39 is 10.0 Å². The highest BCUT2D eigenvalue weighted by Gasteiger charge is 2.31. The molecule has 0 aliphatic heterocycles. The summed E-state index contributed by atoms with van der Waals surface area (Å²) in [7, 11) is -1.71. The highest BCUT2D eigenvalue weighted by Crippen LogP contribution is 2.25. The quantitative estimate of drug-likeness (QED) is 0.840. The molecule has 1 N–H and O–H groups in total. The summed E-state index contributed by atoms with van der Waals surface area (Å²) in [5, 5.41) is 2.96. The zero-order valence-electron chi connectivity index (χ0n) is 13.2. The van der Waals surface area contributed by atoms with Gasteiger partial charge in [0.2, 0.25) is 10.0 Å². The Bertz CT molecular complexity index is 533. The van der Waals surface area contributed by atoms with E-state index in [2.05, 4.69) is 5.32 Å². The number of nitrogens with one attached hydrogen (secondary N) is 1. The topological polar surface area (TPSA) is 62.6 Å². The Balaban J connectivity index is 3.19. The van der Waals surface area contributed by atoms with Crippen molar-refractivity contribution in [3.05, 3.63) is 17.6 Å². The smallest absolute Gasteiger partial charge is 0.246 e. The molecule has 116 valence electrons. The van der Waals surface area contributed by atoms with E-state index in [4.69, 9.17) is 4.42 Å². The van der Waals surface area contributed by atoms with Crippen LogP contribution in [0, 0.1) is 12.8 Å². The van der Waals surface area contributed by atoms with Gasteiger partial charge in [0, 0.05) is 18.7 Å². The van der Waals surface area contributed by atoms with Gasteiger partial charge in [0.05, 0.1) is 6.54 Å². The van der Waals surface area contributed by atoms with Crippen molar-refractivity contribution in [3.63, 3.8) is 0 Å². The van der Waals surface area contributed by atoms with E-state index in [1.807, 2.05) is 27.7 Å². The van der Waals surface area contributed by atoms with Gasteiger partial charge < -0.3 is 9.73 Å². The molecular weight excluding hydrogens is 276 g/mol. The monoisotopic (exact) mass is 302 g/mol. The van der Waals surface area contributed by atoms with Gasteiger partial charge in [-0.15, -0.1) is 0 Å². The number of aryl methyl sites for hydroxylation is 1. The standard InChI is InChI=1S/C14H26N2O3S/c1-10(2)9-16(11(3)4)20(17,18)14-7-13(8-15-6)19-12(14)5/h7,10-11,15H,8-9H2,1-6H3. The highest BCUT2D eigenvalue weighted by molar-refractivity contribution is 7.89. The molecule has 1 rings (SSSR count). The number of nitrogens with zero attached hydrogens (tertiary/aromatic N) is 1. The number of rotatable bonds is 7. The summed E-state index contributed by atoms with van der Waals surface area (Å²) in [6, 6.07) is 1.54. The van der Waals surface area contributed by atoms with Gasteiger partial charge in [-0.2, -0.15) is 4.31 Å². The first-order chi connectivity index (χ1) is 9.20. The molecule has 5 nitrogen and oxygen atoms in total. The van der Waals surface area contributed by atoms with Gasteiger partial charge in [0.25, 0.3) is 0 Å². The van der Waals surface area contributed by atoms with Crippen LogP contribution in [0.4, 0.5) is 0 Å². The van der Waals surface area contributed by atoms with Gasteiger partial charge in [-0.1, -0.05) is 13.8 Å². The maximum absolute atomic E-state index is 12.8. The van der Waals surface area contributed by atoms with E-state index in [1.165, 1.54) is 0 Å². The molecule has 1 heterocycles. The summed E-state index contributed by atoms with van der Waals surface area (Å²) in [5.41, 5.74) is 0. The summed E-state index contributed by atoms with van der Waals surface area (Å²) in [5.74, 6) is 1.36. The number of hydrogen-bond donors (Lipinski definition) is 1. The Morgan fingerprint density at radius 3 is 2.35 bits per heavy atom. The molecule has 0 saturated carbocycles. The van der Waals surface area contributed by atoms with Crippen molar-refractivity contribution in [3.8, 4) is 0 Å². The maximum atomic E-state index is 12.8. The summed E-state index contributed by atoms with van der Waals surface area (Å²) in [6.45, 7) is 10.5. The Morgan fingerprint density at radius 2 is 1.90 bits per heavy atom. The zero-order chi connectivity index (χ0) is 15.5. The molecule has 0 unspecified atom stereocenters. The molecule has 0 fully saturated rings. The Morgan fingerprint density at radius 1 is 1.30 bits per heavy atom. The molecule has 0 saturated heterocycles. The lowest BCUT2D eigenvalue weighted by Crippen LogP contribution is -2.39. The Labute approximate surface area is 122 Å². The van der Waals surface area contributed by atoms with Crippen molar-refractivity contribution in [1.29, 1.82) is 0 Å². The molecule has 1 aromatic heterocycles. The van der Waals surface area contributed by atoms with Crippen LogP contribution in [0.3, 0.4) is 0 Å². The molecule has 0 aliphatic carbocycles.